The summed E-state index contributed by atoms with van der Waals surface area (Å²) >= 11 is 0. The Kier molecular flexibility index (Phi) is 3.69. The van der Waals surface area contributed by atoms with Crippen molar-refractivity contribution in [1.29, 1.82) is 0 Å². The monoisotopic (exact) mass is 258 g/mol. The lowest BCUT2D eigenvalue weighted by molar-refractivity contribution is 0.659. The second-order valence-corrected chi connectivity index (χ2v) is 5.18. The van der Waals surface area contributed by atoms with E-state index in [0.29, 0.717) is 0 Å². The lowest BCUT2D eigenvalue weighted by Crippen LogP contribution is -2.22. The second kappa shape index (κ2) is 5.61. The molecular weight excluding hydrogens is 236 g/mol. The predicted molar refractivity (Wildman–Crippen MR) is 78.6 cm³/mol. The highest BCUT2D eigenvalue weighted by Crippen LogP contribution is 2.25. The fourth-order valence-electron chi connectivity index (χ4n) is 2.76. The fourth-order valence-corrected chi connectivity index (χ4v) is 2.76. The Labute approximate surface area is 114 Å². The van der Waals surface area contributed by atoms with Crippen LogP contribution in [0.1, 0.15) is 31.9 Å². The number of nitrogens with one attached hydrogen (secondary N) is 1. The first kappa shape index (κ1) is 12.5. The summed E-state index contributed by atoms with van der Waals surface area (Å²) in [5.74, 6) is 1.17. The second-order valence-electron chi connectivity index (χ2n) is 5.18. The molecule has 0 aliphatic carbocycles. The van der Waals surface area contributed by atoms with Crippen LogP contribution in [0.2, 0.25) is 0 Å². The van der Waals surface area contributed by atoms with Gasteiger partial charge in [0.1, 0.15) is 5.65 Å². The van der Waals surface area contributed by atoms with Crippen molar-refractivity contribution >= 4 is 11.5 Å². The first-order valence-corrected chi connectivity index (χ1v) is 7.32. The number of fused-ring (bicyclic) bond motifs is 1. The van der Waals surface area contributed by atoms with Gasteiger partial charge in [0.25, 0.3) is 0 Å². The van der Waals surface area contributed by atoms with Crippen LogP contribution in [0, 0.1) is 0 Å². The van der Waals surface area contributed by atoms with Gasteiger partial charge in [0.05, 0.1) is 5.69 Å². The van der Waals surface area contributed by atoms with Crippen molar-refractivity contribution < 1.29 is 0 Å². The topological polar surface area (TPSA) is 32.6 Å². The van der Waals surface area contributed by atoms with Gasteiger partial charge in [0, 0.05) is 25.8 Å². The molecule has 3 rings (SSSR count). The third-order valence-corrected chi connectivity index (χ3v) is 3.73. The van der Waals surface area contributed by atoms with Crippen LogP contribution in [-0.2, 0) is 6.54 Å². The van der Waals surface area contributed by atoms with Crippen molar-refractivity contribution in [1.82, 2.24) is 14.7 Å². The summed E-state index contributed by atoms with van der Waals surface area (Å²) in [5, 5.41) is 3.51. The minimum Gasteiger partial charge on any atom is -0.355 e. The highest BCUT2D eigenvalue weighted by molar-refractivity contribution is 5.56. The number of pyridine rings is 1. The van der Waals surface area contributed by atoms with E-state index in [-0.39, 0.29) is 0 Å². The SMILES string of the molecule is CCCNCc1c(N2CCCC2)nc2ccccn12. The molecule has 0 spiro atoms. The van der Waals surface area contributed by atoms with Crippen LogP contribution in [0.3, 0.4) is 0 Å². The van der Waals surface area contributed by atoms with Crippen LogP contribution in [0.4, 0.5) is 5.82 Å². The van der Waals surface area contributed by atoms with E-state index in [0.717, 1.165) is 38.2 Å². The van der Waals surface area contributed by atoms with Crippen molar-refractivity contribution in [3.63, 3.8) is 0 Å². The molecule has 0 amide bonds. The van der Waals surface area contributed by atoms with Gasteiger partial charge >= 0.3 is 0 Å². The third kappa shape index (κ3) is 2.45. The Morgan fingerprint density at radius 3 is 2.89 bits per heavy atom. The first-order chi connectivity index (χ1) is 9.40. The summed E-state index contributed by atoms with van der Waals surface area (Å²) in [4.78, 5) is 7.25. The maximum absolute atomic E-state index is 4.82. The number of hydrogen-bond acceptors (Lipinski definition) is 3. The molecule has 0 unspecified atom stereocenters. The quantitative estimate of drug-likeness (QED) is 0.836. The van der Waals surface area contributed by atoms with E-state index < -0.39 is 0 Å². The zero-order valence-corrected chi connectivity index (χ0v) is 11.6. The number of anilines is 1. The van der Waals surface area contributed by atoms with Gasteiger partial charge in [-0.2, -0.15) is 0 Å². The van der Waals surface area contributed by atoms with Crippen LogP contribution >= 0.6 is 0 Å². The molecule has 102 valence electrons. The summed E-state index contributed by atoms with van der Waals surface area (Å²) in [6.07, 6.45) is 5.85. The molecule has 1 aliphatic rings. The van der Waals surface area contributed by atoms with E-state index in [2.05, 4.69) is 45.9 Å². The first-order valence-electron chi connectivity index (χ1n) is 7.32. The zero-order chi connectivity index (χ0) is 13.1. The van der Waals surface area contributed by atoms with Crippen molar-refractivity contribution in [3.05, 3.63) is 30.1 Å². The molecule has 2 aromatic heterocycles. The van der Waals surface area contributed by atoms with Crippen LogP contribution < -0.4 is 10.2 Å². The van der Waals surface area contributed by atoms with E-state index in [9.17, 15) is 0 Å². The molecule has 1 aliphatic heterocycles. The molecule has 19 heavy (non-hydrogen) atoms. The number of rotatable bonds is 5. The Morgan fingerprint density at radius 2 is 2.11 bits per heavy atom. The van der Waals surface area contributed by atoms with E-state index in [1.54, 1.807) is 0 Å². The standard InChI is InChI=1S/C15H22N4/c1-2-8-16-12-13-15(18-9-5-6-10-18)17-14-7-3-4-11-19(13)14/h3-4,7,11,16H,2,5-6,8-10,12H2,1H3. The fraction of sp³-hybridized carbons (Fsp3) is 0.533. The molecule has 4 nitrogen and oxygen atoms in total. The smallest absolute Gasteiger partial charge is 0.152 e. The third-order valence-electron chi connectivity index (χ3n) is 3.73. The number of nitrogens with zero attached hydrogens (tertiary/aromatic N) is 3. The average Bonchev–Trinajstić information content (AvgIpc) is 3.06. The zero-order valence-electron chi connectivity index (χ0n) is 11.6. The normalized spacial score (nSPS) is 15.5. The number of hydrogen-bond donors (Lipinski definition) is 1. The predicted octanol–water partition coefficient (Wildman–Crippen LogP) is 2.43. The Hall–Kier alpha value is -1.55. The number of imidazole rings is 1. The van der Waals surface area contributed by atoms with Crippen molar-refractivity contribution in [2.75, 3.05) is 24.5 Å². The Bertz CT molecular complexity index is 540. The van der Waals surface area contributed by atoms with Crippen LogP contribution in [0.15, 0.2) is 24.4 Å². The molecular formula is C15H22N4. The molecule has 1 fully saturated rings. The molecule has 2 aromatic rings. The molecule has 1 saturated heterocycles. The average molecular weight is 258 g/mol. The van der Waals surface area contributed by atoms with Gasteiger partial charge < -0.3 is 14.6 Å². The molecule has 0 saturated carbocycles. The minimum atomic E-state index is 0.894. The van der Waals surface area contributed by atoms with Crippen LogP contribution in [0.25, 0.3) is 5.65 Å². The lowest BCUT2D eigenvalue weighted by Gasteiger charge is -2.16. The Morgan fingerprint density at radius 1 is 1.26 bits per heavy atom. The van der Waals surface area contributed by atoms with Crippen LogP contribution in [0.5, 0.6) is 0 Å². The molecule has 0 aromatic carbocycles. The van der Waals surface area contributed by atoms with Crippen LogP contribution in [-0.4, -0.2) is 29.0 Å². The molecule has 0 radical (unpaired) electrons. The van der Waals surface area contributed by atoms with Crippen molar-refractivity contribution in [2.45, 2.75) is 32.7 Å². The summed E-state index contributed by atoms with van der Waals surface area (Å²) in [6.45, 7) is 6.43. The maximum Gasteiger partial charge on any atom is 0.152 e. The maximum atomic E-state index is 4.82. The van der Waals surface area contributed by atoms with E-state index >= 15 is 0 Å². The molecule has 3 heterocycles. The van der Waals surface area contributed by atoms with Crippen molar-refractivity contribution in [2.24, 2.45) is 0 Å². The van der Waals surface area contributed by atoms with E-state index in [1.807, 2.05) is 0 Å². The Balaban J connectivity index is 1.95. The summed E-state index contributed by atoms with van der Waals surface area (Å²) in [5.41, 5.74) is 2.35. The van der Waals surface area contributed by atoms with Gasteiger partial charge in [-0.1, -0.05) is 13.0 Å². The van der Waals surface area contributed by atoms with E-state index in [1.165, 1.54) is 24.4 Å². The van der Waals surface area contributed by atoms with Crippen molar-refractivity contribution in [3.8, 4) is 0 Å². The number of aromatic nitrogens is 2. The van der Waals surface area contributed by atoms with Gasteiger partial charge in [-0.25, -0.2) is 4.98 Å². The largest absolute Gasteiger partial charge is 0.355 e. The highest BCUT2D eigenvalue weighted by atomic mass is 15.2. The van der Waals surface area contributed by atoms with Gasteiger partial charge in [-0.3, -0.25) is 0 Å². The van der Waals surface area contributed by atoms with Gasteiger partial charge in [-0.05, 0) is 37.9 Å². The molecule has 0 atom stereocenters. The molecule has 1 N–H and O–H groups in total. The summed E-state index contributed by atoms with van der Waals surface area (Å²) in [7, 11) is 0. The van der Waals surface area contributed by atoms with E-state index in [4.69, 9.17) is 4.98 Å². The minimum absolute atomic E-state index is 0.894. The van der Waals surface area contributed by atoms with Gasteiger partial charge in [0.2, 0.25) is 0 Å². The molecule has 0 bridgehead atoms. The van der Waals surface area contributed by atoms with Gasteiger partial charge in [-0.15, -0.1) is 0 Å². The van der Waals surface area contributed by atoms with Gasteiger partial charge in [0.15, 0.2) is 5.82 Å². The summed E-state index contributed by atoms with van der Waals surface area (Å²) < 4.78 is 2.22. The summed E-state index contributed by atoms with van der Waals surface area (Å²) in [6, 6.07) is 6.22. The lowest BCUT2D eigenvalue weighted by atomic mass is 10.3. The molecule has 4 heteroatoms. The highest BCUT2D eigenvalue weighted by Gasteiger charge is 2.20.